The van der Waals surface area contributed by atoms with Crippen LogP contribution in [0.25, 0.3) is 0 Å². The van der Waals surface area contributed by atoms with E-state index in [9.17, 15) is 9.59 Å². The van der Waals surface area contributed by atoms with Gasteiger partial charge in [-0.15, -0.1) is 0 Å². The zero-order valence-electron chi connectivity index (χ0n) is 13.9. The van der Waals surface area contributed by atoms with Gasteiger partial charge in [0, 0.05) is 36.9 Å². The number of hydrogen-bond acceptors (Lipinski definition) is 6. The van der Waals surface area contributed by atoms with Gasteiger partial charge in [0.1, 0.15) is 0 Å². The fraction of sp³-hybridized carbons (Fsp3) is 0.733. The number of carbonyl (C=O) groups is 2. The molecule has 0 bridgehead atoms. The van der Waals surface area contributed by atoms with Gasteiger partial charge >= 0.3 is 11.9 Å². The summed E-state index contributed by atoms with van der Waals surface area (Å²) in [7, 11) is 7.54. The van der Waals surface area contributed by atoms with Crippen LogP contribution < -0.4 is 0 Å². The Labute approximate surface area is 141 Å². The zero-order chi connectivity index (χ0) is 17.0. The minimum Gasteiger partial charge on any atom is -0.481 e. The first-order chi connectivity index (χ1) is 10.4. The van der Waals surface area contributed by atoms with E-state index in [1.54, 1.807) is 10.8 Å². The van der Waals surface area contributed by atoms with Crippen LogP contribution in [0.2, 0.25) is 0 Å². The maximum atomic E-state index is 11.4. The summed E-state index contributed by atoms with van der Waals surface area (Å²) in [5, 5.41) is 8.52. The molecular formula is C15H27NO4S2. The van der Waals surface area contributed by atoms with Crippen LogP contribution in [0, 0.1) is 0 Å². The molecule has 0 saturated carbocycles. The smallest absolute Gasteiger partial charge is 0.306 e. The van der Waals surface area contributed by atoms with E-state index < -0.39 is 11.9 Å². The molecule has 0 aliphatic heterocycles. The fourth-order valence-electron chi connectivity index (χ4n) is 1.39. The van der Waals surface area contributed by atoms with E-state index in [-0.39, 0.29) is 12.8 Å². The normalized spacial score (nSPS) is 11.8. The minimum absolute atomic E-state index is 0.0700. The van der Waals surface area contributed by atoms with Gasteiger partial charge < -0.3 is 14.7 Å². The van der Waals surface area contributed by atoms with Gasteiger partial charge in [0.25, 0.3) is 0 Å². The lowest BCUT2D eigenvalue weighted by atomic mass is 10.3. The van der Waals surface area contributed by atoms with E-state index in [0.29, 0.717) is 13.0 Å². The Balaban J connectivity index is 4.27. The third-order valence-electron chi connectivity index (χ3n) is 2.95. The first kappa shape index (κ1) is 21.2. The number of esters is 1. The number of allylic oxidation sites excluding steroid dienone is 1. The van der Waals surface area contributed by atoms with Crippen molar-refractivity contribution in [2.24, 2.45) is 0 Å². The van der Waals surface area contributed by atoms with Crippen molar-refractivity contribution in [3.05, 3.63) is 10.6 Å². The number of unbranched alkanes of at least 4 members (excludes halogenated alkanes) is 1. The maximum Gasteiger partial charge on any atom is 0.306 e. The lowest BCUT2D eigenvalue weighted by Gasteiger charge is -2.18. The molecule has 0 rings (SSSR count). The molecule has 128 valence electrons. The van der Waals surface area contributed by atoms with Crippen molar-refractivity contribution in [3.8, 4) is 0 Å². The van der Waals surface area contributed by atoms with E-state index in [1.807, 2.05) is 24.9 Å². The van der Waals surface area contributed by atoms with Crippen LogP contribution >= 0.6 is 21.6 Å². The molecule has 0 aromatic rings. The van der Waals surface area contributed by atoms with Gasteiger partial charge in [-0.1, -0.05) is 34.9 Å². The summed E-state index contributed by atoms with van der Waals surface area (Å²) >= 11 is 0. The molecule has 0 fully saturated rings. The molecule has 0 unspecified atom stereocenters. The van der Waals surface area contributed by atoms with Crippen molar-refractivity contribution in [1.82, 2.24) is 4.90 Å². The zero-order valence-corrected chi connectivity index (χ0v) is 15.5. The van der Waals surface area contributed by atoms with Gasteiger partial charge in [-0.3, -0.25) is 9.59 Å². The Morgan fingerprint density at radius 3 is 2.41 bits per heavy atom. The predicted molar refractivity (Wildman–Crippen MR) is 93.8 cm³/mol. The average Bonchev–Trinajstić information content (AvgIpc) is 2.46. The van der Waals surface area contributed by atoms with E-state index in [2.05, 4.69) is 18.7 Å². The van der Waals surface area contributed by atoms with Crippen LogP contribution in [-0.2, 0) is 14.3 Å². The Morgan fingerprint density at radius 1 is 1.18 bits per heavy atom. The fourth-order valence-corrected chi connectivity index (χ4v) is 4.13. The van der Waals surface area contributed by atoms with Gasteiger partial charge in [0.15, 0.2) is 0 Å². The summed E-state index contributed by atoms with van der Waals surface area (Å²) in [4.78, 5) is 25.0. The van der Waals surface area contributed by atoms with Crippen LogP contribution in [0.4, 0.5) is 0 Å². The molecule has 0 heterocycles. The van der Waals surface area contributed by atoms with Crippen LogP contribution in [-0.4, -0.2) is 48.4 Å². The predicted octanol–water partition coefficient (Wildman–Crippen LogP) is 3.76. The van der Waals surface area contributed by atoms with Crippen molar-refractivity contribution >= 4 is 33.5 Å². The van der Waals surface area contributed by atoms with Gasteiger partial charge in [-0.05, 0) is 13.3 Å². The molecule has 0 radical (unpaired) electrons. The Morgan fingerprint density at radius 2 is 1.86 bits per heavy atom. The Hall–Kier alpha value is -0.820. The molecule has 0 aliphatic rings. The van der Waals surface area contributed by atoms with E-state index >= 15 is 0 Å². The van der Waals surface area contributed by atoms with Gasteiger partial charge in [-0.2, -0.15) is 0 Å². The summed E-state index contributed by atoms with van der Waals surface area (Å²) < 4.78 is 5.10. The monoisotopic (exact) mass is 349 g/mol. The lowest BCUT2D eigenvalue weighted by molar-refractivity contribution is -0.147. The molecule has 7 heteroatoms. The maximum absolute atomic E-state index is 11.4. The number of nitrogens with zero attached hydrogens (tertiary/aromatic N) is 1. The molecule has 5 nitrogen and oxygen atoms in total. The molecule has 0 saturated heterocycles. The second-order valence-electron chi connectivity index (χ2n) is 5.03. The number of carbonyl (C=O) groups excluding carboxylic acids is 1. The summed E-state index contributed by atoms with van der Waals surface area (Å²) in [5.41, 5.74) is 1.16. The third-order valence-corrected chi connectivity index (χ3v) is 5.68. The second kappa shape index (κ2) is 12.7. The average molecular weight is 350 g/mol. The summed E-state index contributed by atoms with van der Waals surface area (Å²) in [6.07, 6.45) is 2.78. The van der Waals surface area contributed by atoms with Crippen LogP contribution in [0.5, 0.6) is 0 Å². The highest BCUT2D eigenvalue weighted by molar-refractivity contribution is 8.78. The molecular weight excluding hydrogens is 322 g/mol. The number of ether oxygens (including phenoxy) is 1. The van der Waals surface area contributed by atoms with Crippen molar-refractivity contribution in [1.29, 1.82) is 0 Å². The number of hydrogen-bond donors (Lipinski definition) is 1. The number of aliphatic carboxylic acids is 1. The third kappa shape index (κ3) is 10.8. The summed E-state index contributed by atoms with van der Waals surface area (Å²) in [6.45, 7) is 4.51. The number of carboxylic acids is 1. The summed E-state index contributed by atoms with van der Waals surface area (Å²) in [5.74, 6) is -0.333. The minimum atomic E-state index is -0.983. The van der Waals surface area contributed by atoms with E-state index in [1.165, 1.54) is 17.7 Å². The van der Waals surface area contributed by atoms with Crippen molar-refractivity contribution in [3.63, 3.8) is 0 Å². The molecule has 0 aliphatic carbocycles. The topological polar surface area (TPSA) is 66.8 Å². The standard InChI is InChI=1S/C15H27NO4S2/c1-5-6-11-21-22-13(12(2)16(3)4)9-10-20-15(19)8-7-14(17)18/h5-11H2,1-4H3,(H,17,18)/b13-12-. The van der Waals surface area contributed by atoms with Crippen LogP contribution in [0.3, 0.4) is 0 Å². The molecule has 22 heavy (non-hydrogen) atoms. The van der Waals surface area contributed by atoms with E-state index in [4.69, 9.17) is 9.84 Å². The highest BCUT2D eigenvalue weighted by atomic mass is 33.1. The molecule has 0 aromatic heterocycles. The molecule has 0 spiro atoms. The number of rotatable bonds is 12. The first-order valence-corrected chi connectivity index (χ1v) is 9.74. The van der Waals surface area contributed by atoms with Gasteiger partial charge in [0.05, 0.1) is 19.4 Å². The van der Waals surface area contributed by atoms with Gasteiger partial charge in [-0.25, -0.2) is 0 Å². The molecule has 0 atom stereocenters. The highest BCUT2D eigenvalue weighted by Gasteiger charge is 2.10. The molecule has 0 aromatic carbocycles. The largest absolute Gasteiger partial charge is 0.481 e. The summed E-state index contributed by atoms with van der Waals surface area (Å²) in [6, 6.07) is 0. The molecule has 1 N–H and O–H groups in total. The van der Waals surface area contributed by atoms with Crippen molar-refractivity contribution in [2.45, 2.75) is 46.0 Å². The molecule has 0 amide bonds. The number of carboxylic acid groups (broad SMARTS) is 1. The van der Waals surface area contributed by atoms with Crippen molar-refractivity contribution < 1.29 is 19.4 Å². The first-order valence-electron chi connectivity index (χ1n) is 7.42. The van der Waals surface area contributed by atoms with Crippen LogP contribution in [0.1, 0.15) is 46.0 Å². The lowest BCUT2D eigenvalue weighted by Crippen LogP contribution is -2.12. The van der Waals surface area contributed by atoms with Gasteiger partial charge in [0.2, 0.25) is 0 Å². The highest BCUT2D eigenvalue weighted by Crippen LogP contribution is 2.35. The Bertz CT molecular complexity index is 384. The quantitative estimate of drug-likeness (QED) is 0.327. The van der Waals surface area contributed by atoms with E-state index in [0.717, 1.165) is 11.4 Å². The SMILES string of the molecule is CCCCSS/C(CCOC(=O)CCC(=O)O)=C(/C)N(C)C. The second-order valence-corrected chi connectivity index (χ2v) is 7.54. The Kier molecular flexibility index (Phi) is 12.2. The van der Waals surface area contributed by atoms with Crippen LogP contribution in [0.15, 0.2) is 10.6 Å². The van der Waals surface area contributed by atoms with Crippen molar-refractivity contribution in [2.75, 3.05) is 26.5 Å².